The number of halogens is 3. The molecule has 0 unspecified atom stereocenters. The fraction of sp³-hybridized carbons (Fsp3) is 0.176. The van der Waals surface area contributed by atoms with E-state index in [1.165, 1.54) is 18.5 Å². The lowest BCUT2D eigenvalue weighted by molar-refractivity contribution is 0.112. The van der Waals surface area contributed by atoms with Crippen LogP contribution in [0.1, 0.15) is 35.5 Å². The Morgan fingerprint density at radius 1 is 1.41 bits per heavy atom. The molecule has 0 saturated heterocycles. The largest absolute Gasteiger partial charge is 0.387 e. The third-order valence-corrected chi connectivity index (χ3v) is 4.17. The van der Waals surface area contributed by atoms with Crippen LogP contribution in [-0.2, 0) is 0 Å². The van der Waals surface area contributed by atoms with Gasteiger partial charge in [-0.3, -0.25) is 10.2 Å². The molecule has 0 aliphatic carbocycles. The first-order valence-corrected chi connectivity index (χ1v) is 8.93. The van der Waals surface area contributed by atoms with Crippen LogP contribution in [0.2, 0.25) is 5.02 Å². The number of carbonyl (C=O) groups is 1. The molecule has 0 fully saturated rings. The molecule has 2 heterocycles. The average Bonchev–Trinajstić information content (AvgIpc) is 3.05. The lowest BCUT2D eigenvalue weighted by atomic mass is 10.0. The molecule has 6 nitrogen and oxygen atoms in total. The number of hydrogen-bond donors (Lipinski definition) is 2. The van der Waals surface area contributed by atoms with Gasteiger partial charge in [0.2, 0.25) is 0 Å². The van der Waals surface area contributed by atoms with Crippen LogP contribution in [0.3, 0.4) is 0 Å². The minimum Gasteiger partial charge on any atom is -0.387 e. The third kappa shape index (κ3) is 3.93. The van der Waals surface area contributed by atoms with Gasteiger partial charge in [-0.05, 0) is 12.1 Å². The predicted molar refractivity (Wildman–Crippen MR) is 105 cm³/mol. The van der Waals surface area contributed by atoms with Crippen molar-refractivity contribution in [2.75, 3.05) is 12.4 Å². The molecular formula is C17H16ClF2N5OS. The van der Waals surface area contributed by atoms with E-state index >= 15 is 0 Å². The normalized spacial score (nSPS) is 10.3. The Hall–Kier alpha value is -2.52. The highest BCUT2D eigenvalue weighted by Crippen LogP contribution is 2.27. The minimum atomic E-state index is -0.698. The van der Waals surface area contributed by atoms with Crippen molar-refractivity contribution in [1.29, 1.82) is 5.41 Å². The van der Waals surface area contributed by atoms with Gasteiger partial charge in [-0.2, -0.15) is 0 Å². The molecule has 0 saturated carbocycles. The second-order valence-electron chi connectivity index (χ2n) is 4.96. The van der Waals surface area contributed by atoms with Crippen LogP contribution in [-0.4, -0.2) is 33.0 Å². The van der Waals surface area contributed by atoms with E-state index in [0.717, 1.165) is 10.0 Å². The van der Waals surface area contributed by atoms with Gasteiger partial charge < -0.3 is 5.32 Å². The molecule has 0 amide bonds. The van der Waals surface area contributed by atoms with Crippen LogP contribution in [0.4, 0.5) is 14.0 Å². The summed E-state index contributed by atoms with van der Waals surface area (Å²) in [6.07, 6.45) is 2.98. The Kier molecular flexibility index (Phi) is 6.86. The first-order chi connectivity index (χ1) is 13.0. The summed E-state index contributed by atoms with van der Waals surface area (Å²) in [5, 5.41) is 11.2. The molecule has 142 valence electrons. The zero-order chi connectivity index (χ0) is 20.1. The molecule has 2 N–H and O–H groups in total. The monoisotopic (exact) mass is 411 g/mol. The van der Waals surface area contributed by atoms with Gasteiger partial charge in [-0.25, -0.2) is 18.3 Å². The first-order valence-electron chi connectivity index (χ1n) is 7.88. The highest BCUT2D eigenvalue weighted by atomic mass is 35.5. The first kappa shape index (κ1) is 20.8. The van der Waals surface area contributed by atoms with Gasteiger partial charge in [0, 0.05) is 24.0 Å². The Balaban J connectivity index is 0.00000126. The number of anilines is 1. The minimum absolute atomic E-state index is 0.0347. The van der Waals surface area contributed by atoms with E-state index in [-0.39, 0.29) is 51.1 Å². The van der Waals surface area contributed by atoms with Crippen LogP contribution < -0.4 is 5.32 Å². The fourth-order valence-corrected chi connectivity index (χ4v) is 2.96. The van der Waals surface area contributed by atoms with Gasteiger partial charge in [-0.1, -0.05) is 25.4 Å². The Bertz CT molecular complexity index is 1010. The standard InChI is InChI=1S/C15H10ClF2N5OS.C2H6/c1-20-10-3-8(16)2-9(17)12(10)13(19)11-4-21-15-14(22-11)7(6-24)5-23(15)25-18;1-2/h2-6,19-20H,1H3;1-2H3. The maximum Gasteiger partial charge on any atom is 0.171 e. The van der Waals surface area contributed by atoms with Gasteiger partial charge in [-0.15, -0.1) is 3.89 Å². The topological polar surface area (TPSA) is 83.7 Å². The van der Waals surface area contributed by atoms with Crippen molar-refractivity contribution in [2.45, 2.75) is 13.8 Å². The van der Waals surface area contributed by atoms with E-state index in [4.69, 9.17) is 17.0 Å². The highest BCUT2D eigenvalue weighted by Gasteiger charge is 2.20. The molecule has 10 heteroatoms. The smallest absolute Gasteiger partial charge is 0.171 e. The number of aromatic nitrogens is 3. The van der Waals surface area contributed by atoms with Gasteiger partial charge in [0.05, 0.1) is 23.0 Å². The molecule has 1 aromatic carbocycles. The van der Waals surface area contributed by atoms with E-state index in [1.807, 2.05) is 13.8 Å². The second-order valence-corrected chi connectivity index (χ2v) is 5.93. The van der Waals surface area contributed by atoms with Crippen molar-refractivity contribution in [3.05, 3.63) is 52.2 Å². The Labute approximate surface area is 163 Å². The van der Waals surface area contributed by atoms with Crippen LogP contribution in [0.25, 0.3) is 11.2 Å². The number of fused-ring (bicyclic) bond motifs is 1. The molecule has 2 aromatic heterocycles. The number of benzene rings is 1. The molecule has 3 aromatic rings. The fourth-order valence-electron chi connectivity index (χ4n) is 2.40. The molecule has 0 radical (unpaired) electrons. The van der Waals surface area contributed by atoms with E-state index in [9.17, 15) is 13.1 Å². The predicted octanol–water partition coefficient (Wildman–Crippen LogP) is 4.90. The lowest BCUT2D eigenvalue weighted by Crippen LogP contribution is -2.11. The highest BCUT2D eigenvalue weighted by molar-refractivity contribution is 7.92. The van der Waals surface area contributed by atoms with Gasteiger partial charge in [0.1, 0.15) is 17.0 Å². The van der Waals surface area contributed by atoms with Gasteiger partial charge in [0.15, 0.2) is 24.3 Å². The van der Waals surface area contributed by atoms with E-state index in [1.54, 1.807) is 7.05 Å². The van der Waals surface area contributed by atoms with Crippen molar-refractivity contribution >= 4 is 52.8 Å². The van der Waals surface area contributed by atoms with Crippen molar-refractivity contribution in [3.8, 4) is 0 Å². The van der Waals surface area contributed by atoms with Crippen LogP contribution in [0, 0.1) is 11.2 Å². The summed E-state index contributed by atoms with van der Waals surface area (Å²) in [7, 11) is 1.57. The van der Waals surface area contributed by atoms with Crippen LogP contribution in [0.5, 0.6) is 0 Å². The van der Waals surface area contributed by atoms with Crippen molar-refractivity contribution in [1.82, 2.24) is 13.9 Å². The van der Waals surface area contributed by atoms with Gasteiger partial charge in [0.25, 0.3) is 0 Å². The summed E-state index contributed by atoms with van der Waals surface area (Å²) in [4.78, 5) is 19.4. The zero-order valence-electron chi connectivity index (χ0n) is 14.7. The SMILES string of the molecule is CC.CNc1cc(Cl)cc(F)c1C(=N)c1cnc2c(n1)c(C=O)cn2SF. The van der Waals surface area contributed by atoms with Crippen molar-refractivity contribution in [3.63, 3.8) is 0 Å². The van der Waals surface area contributed by atoms with Crippen LogP contribution in [0.15, 0.2) is 24.5 Å². The number of aldehydes is 1. The average molecular weight is 412 g/mol. The summed E-state index contributed by atoms with van der Waals surface area (Å²) >= 11 is 5.70. The Morgan fingerprint density at radius 3 is 2.70 bits per heavy atom. The van der Waals surface area contributed by atoms with E-state index in [0.29, 0.717) is 12.0 Å². The Morgan fingerprint density at radius 2 is 2.11 bits per heavy atom. The molecular weight excluding hydrogens is 396 g/mol. The van der Waals surface area contributed by atoms with E-state index in [2.05, 4.69) is 15.3 Å². The summed E-state index contributed by atoms with van der Waals surface area (Å²) < 4.78 is 28.3. The van der Waals surface area contributed by atoms with Crippen LogP contribution >= 0.6 is 23.9 Å². The molecule has 0 aliphatic heterocycles. The van der Waals surface area contributed by atoms with Crippen molar-refractivity contribution < 1.29 is 13.1 Å². The van der Waals surface area contributed by atoms with E-state index < -0.39 is 5.82 Å². The maximum atomic E-state index is 14.3. The molecule has 0 aliphatic rings. The summed E-state index contributed by atoms with van der Waals surface area (Å²) in [6.45, 7) is 4.00. The number of nitrogens with one attached hydrogen (secondary N) is 2. The molecule has 0 atom stereocenters. The molecule has 0 spiro atoms. The maximum absolute atomic E-state index is 14.3. The summed E-state index contributed by atoms with van der Waals surface area (Å²) in [5.41, 5.74) is 0.448. The van der Waals surface area contributed by atoms with Gasteiger partial charge >= 0.3 is 0 Å². The second kappa shape index (κ2) is 8.92. The number of nitrogens with zero attached hydrogens (tertiary/aromatic N) is 3. The number of rotatable bonds is 5. The summed E-state index contributed by atoms with van der Waals surface area (Å²) in [5.74, 6) is -0.698. The number of carbonyl (C=O) groups excluding carboxylic acids is 1. The lowest BCUT2D eigenvalue weighted by Gasteiger charge is -2.12. The summed E-state index contributed by atoms with van der Waals surface area (Å²) in [6, 6.07) is 2.57. The molecule has 0 bridgehead atoms. The molecule has 3 rings (SSSR count). The molecule has 27 heavy (non-hydrogen) atoms. The third-order valence-electron chi connectivity index (χ3n) is 3.52. The van der Waals surface area contributed by atoms with Crippen molar-refractivity contribution in [2.24, 2.45) is 0 Å². The number of hydrogen-bond acceptors (Lipinski definition) is 6. The zero-order valence-corrected chi connectivity index (χ0v) is 16.3. The quantitative estimate of drug-likeness (QED) is 0.460.